The Kier molecular flexibility index (Phi) is 8.54. The zero-order chi connectivity index (χ0) is 21.0. The van der Waals surface area contributed by atoms with E-state index in [1.807, 2.05) is 0 Å². The maximum atomic E-state index is 4.81. The molecule has 5 heteroatoms. The van der Waals surface area contributed by atoms with E-state index < -0.39 is 15.8 Å². The van der Waals surface area contributed by atoms with Crippen LogP contribution in [-0.2, 0) is 15.9 Å². The summed E-state index contributed by atoms with van der Waals surface area (Å²) in [6.07, 6.45) is 0. The molecular weight excluding hydrogens is 528 g/mol. The van der Waals surface area contributed by atoms with Crippen LogP contribution in [0.25, 0.3) is 32.7 Å². The molecule has 0 saturated heterocycles. The van der Waals surface area contributed by atoms with E-state index in [4.69, 9.17) is 19.1 Å². The van der Waals surface area contributed by atoms with E-state index in [1.54, 1.807) is 10.6 Å². The zero-order valence-electron chi connectivity index (χ0n) is 17.0. The number of halogens is 2. The van der Waals surface area contributed by atoms with Crippen molar-refractivity contribution >= 4 is 67.1 Å². The van der Waals surface area contributed by atoms with E-state index in [0.29, 0.717) is 0 Å². The molecule has 0 aliphatic rings. The van der Waals surface area contributed by atoms with Crippen molar-refractivity contribution in [1.29, 1.82) is 0 Å². The average molecular weight is 554 g/mol. The van der Waals surface area contributed by atoms with Crippen LogP contribution >= 0.6 is 34.9 Å². The topological polar surface area (TPSA) is 0 Å². The molecule has 0 saturated carbocycles. The van der Waals surface area contributed by atoms with Gasteiger partial charge in [-0.3, -0.25) is 0 Å². The molecule has 0 bridgehead atoms. The van der Waals surface area contributed by atoms with Crippen molar-refractivity contribution in [1.82, 2.24) is 0 Å². The van der Waals surface area contributed by atoms with Gasteiger partial charge in [0.2, 0.25) is 0 Å². The van der Waals surface area contributed by atoms with Crippen LogP contribution in [0.2, 0.25) is 0 Å². The van der Waals surface area contributed by atoms with Gasteiger partial charge in [0.05, 0.1) is 37.3 Å². The fraction of sp³-hybridized carbons (Fsp3) is 0.167. The molecule has 0 unspecified atom stereocenters. The molecule has 0 aromatic heterocycles. The fourth-order valence-corrected chi connectivity index (χ4v) is 6.27. The van der Waals surface area contributed by atoms with Gasteiger partial charge in [-0.25, -0.2) is 0 Å². The molecule has 154 valence electrons. The standard InChI is InChI=1S/C24H24P2.2ClH.Pd/c1-25(2)21-15-13-17-9-5-7-11-19(17)23(21)24-20-12-8-6-10-18(20)14-16-22(24)26(3)4;;;/h5-16H,1-4H3;2*1H;/q;;;+2. The van der Waals surface area contributed by atoms with Gasteiger partial charge in [0.1, 0.15) is 0 Å². The van der Waals surface area contributed by atoms with Crippen molar-refractivity contribution in [3.8, 4) is 11.1 Å². The summed E-state index contributed by atoms with van der Waals surface area (Å²) in [6, 6.07) is 27.1. The number of fused-ring (bicyclic) bond motifs is 2. The normalized spacial score (nSPS) is 11.3. The Morgan fingerprint density at radius 1 is 0.552 bits per heavy atom. The summed E-state index contributed by atoms with van der Waals surface area (Å²) in [6.45, 7) is 9.64. The van der Waals surface area contributed by atoms with Gasteiger partial charge >= 0.3 is 35.0 Å². The van der Waals surface area contributed by atoms with Crippen molar-refractivity contribution in [2.24, 2.45) is 0 Å². The molecule has 0 amide bonds. The minimum atomic E-state index is -0.578. The predicted octanol–water partition coefficient (Wildman–Crippen LogP) is 7.23. The van der Waals surface area contributed by atoms with Crippen molar-refractivity contribution in [3.63, 3.8) is 0 Å². The van der Waals surface area contributed by atoms with Crippen LogP contribution in [-0.4, -0.2) is 26.7 Å². The molecule has 0 N–H and O–H groups in total. The van der Waals surface area contributed by atoms with Gasteiger partial charge in [-0.15, -0.1) is 0 Å². The van der Waals surface area contributed by atoms with Crippen LogP contribution in [0, 0.1) is 0 Å². The number of rotatable bonds is 3. The van der Waals surface area contributed by atoms with Crippen molar-refractivity contribution < 1.29 is 15.9 Å². The molecule has 0 radical (unpaired) electrons. The molecular formula is C24H26Cl2P2Pd+2. The van der Waals surface area contributed by atoms with E-state index in [0.717, 1.165) is 0 Å². The van der Waals surface area contributed by atoms with Gasteiger partial charge in [0, 0.05) is 27.0 Å². The molecule has 4 aromatic rings. The third-order valence-electron chi connectivity index (χ3n) is 5.19. The molecule has 4 rings (SSSR count). The van der Waals surface area contributed by atoms with Gasteiger partial charge in [-0.2, -0.15) is 0 Å². The van der Waals surface area contributed by atoms with Crippen LogP contribution in [0.15, 0.2) is 72.8 Å². The summed E-state index contributed by atoms with van der Waals surface area (Å²) in [4.78, 5) is 0. The first-order valence-corrected chi connectivity index (χ1v) is 18.5. The van der Waals surface area contributed by atoms with Gasteiger partial charge in [0.15, 0.2) is 0 Å². The molecule has 0 spiro atoms. The van der Waals surface area contributed by atoms with Gasteiger partial charge in [0.25, 0.3) is 0 Å². The third kappa shape index (κ3) is 5.05. The Bertz CT molecular complexity index is 1040. The second-order valence-corrected chi connectivity index (χ2v) is 14.9. The van der Waals surface area contributed by atoms with E-state index >= 15 is 0 Å². The summed E-state index contributed by atoms with van der Waals surface area (Å²) >= 11 is -0.106. The van der Waals surface area contributed by atoms with Crippen LogP contribution in [0.3, 0.4) is 0 Å². The molecule has 0 nitrogen and oxygen atoms in total. The Morgan fingerprint density at radius 2 is 0.897 bits per heavy atom. The number of hydrogen-bond acceptors (Lipinski definition) is 0. The van der Waals surface area contributed by atoms with Crippen molar-refractivity contribution in [3.05, 3.63) is 72.8 Å². The molecule has 4 aromatic carbocycles. The fourth-order valence-electron chi connectivity index (χ4n) is 3.92. The van der Waals surface area contributed by atoms with E-state index in [9.17, 15) is 0 Å². The summed E-state index contributed by atoms with van der Waals surface area (Å²) < 4.78 is 0. The predicted molar refractivity (Wildman–Crippen MR) is 138 cm³/mol. The van der Waals surface area contributed by atoms with E-state index in [1.165, 1.54) is 32.7 Å². The molecule has 29 heavy (non-hydrogen) atoms. The average Bonchev–Trinajstić information content (AvgIpc) is 2.72. The Morgan fingerprint density at radius 3 is 1.24 bits per heavy atom. The minimum absolute atomic E-state index is 0.106. The molecule has 0 atom stereocenters. The summed E-state index contributed by atoms with van der Waals surface area (Å²) in [5.74, 6) is 0. The van der Waals surface area contributed by atoms with Crippen LogP contribution in [0.4, 0.5) is 0 Å². The van der Waals surface area contributed by atoms with Crippen LogP contribution in [0.1, 0.15) is 0 Å². The monoisotopic (exact) mass is 552 g/mol. The Hall–Kier alpha value is -0.498. The van der Waals surface area contributed by atoms with Crippen molar-refractivity contribution in [2.75, 3.05) is 26.7 Å². The summed E-state index contributed by atoms with van der Waals surface area (Å²) in [5.41, 5.74) is 2.97. The molecule has 0 fully saturated rings. The molecule has 0 aliphatic carbocycles. The molecule has 0 heterocycles. The van der Waals surface area contributed by atoms with Gasteiger partial charge in [-0.1, -0.05) is 60.7 Å². The van der Waals surface area contributed by atoms with Crippen molar-refractivity contribution in [2.45, 2.75) is 0 Å². The summed E-state index contributed by atoms with van der Waals surface area (Å²) in [5, 5.41) is 8.59. The number of hydrogen-bond donors (Lipinski definition) is 0. The van der Waals surface area contributed by atoms with Crippen LogP contribution in [0.5, 0.6) is 0 Å². The van der Waals surface area contributed by atoms with E-state index in [2.05, 4.69) is 99.5 Å². The Labute approximate surface area is 192 Å². The number of benzene rings is 4. The second-order valence-electron chi connectivity index (χ2n) is 7.46. The second kappa shape index (κ2) is 10.7. The van der Waals surface area contributed by atoms with Gasteiger partial charge < -0.3 is 0 Å². The maximum absolute atomic E-state index is 4.81. The quantitative estimate of drug-likeness (QED) is 0.185. The first-order chi connectivity index (χ1) is 14.0. The first kappa shape index (κ1) is 23.2. The third-order valence-corrected chi connectivity index (χ3v) is 8.17. The Balaban J connectivity index is 0.000000755. The van der Waals surface area contributed by atoms with E-state index in [-0.39, 0.29) is 15.9 Å². The SMILES string of the molecule is C[PH+](C)c1ccc2ccccc2c1-c1c([PH+](C)C)ccc2ccccc12.[Cl][Pd][Cl]. The first-order valence-electron chi connectivity index (χ1n) is 9.47. The van der Waals surface area contributed by atoms with Crippen LogP contribution < -0.4 is 10.6 Å². The molecule has 0 aliphatic heterocycles. The van der Waals surface area contributed by atoms with Gasteiger partial charge in [-0.05, 0) is 33.7 Å². The zero-order valence-corrected chi connectivity index (χ0v) is 22.1. The summed E-state index contributed by atoms with van der Waals surface area (Å²) in [7, 11) is 8.47.